The highest BCUT2D eigenvalue weighted by Crippen LogP contribution is 2.29. The summed E-state index contributed by atoms with van der Waals surface area (Å²) in [5, 5.41) is 1.54. The zero-order valence-corrected chi connectivity index (χ0v) is 14.2. The van der Waals surface area contributed by atoms with Crippen LogP contribution < -0.4 is 4.74 Å². The van der Waals surface area contributed by atoms with Gasteiger partial charge in [0.2, 0.25) is 0 Å². The fraction of sp³-hybridized carbons (Fsp3) is 0.238. The lowest BCUT2D eigenvalue weighted by atomic mass is 9.98. The maximum absolute atomic E-state index is 14.4. The van der Waals surface area contributed by atoms with Crippen LogP contribution >= 0.6 is 0 Å². The number of rotatable bonds is 5. The van der Waals surface area contributed by atoms with Gasteiger partial charge >= 0.3 is 6.18 Å². The van der Waals surface area contributed by atoms with E-state index in [4.69, 9.17) is 4.74 Å². The maximum Gasteiger partial charge on any atom is 0.422 e. The Hall–Kier alpha value is -2.56. The van der Waals surface area contributed by atoms with Gasteiger partial charge in [-0.15, -0.1) is 0 Å². The third-order valence-electron chi connectivity index (χ3n) is 4.10. The predicted octanol–water partition coefficient (Wildman–Crippen LogP) is 6.54. The van der Waals surface area contributed by atoms with E-state index in [0.29, 0.717) is 5.56 Å². The van der Waals surface area contributed by atoms with Crippen LogP contribution in [0.1, 0.15) is 18.9 Å². The van der Waals surface area contributed by atoms with Gasteiger partial charge in [0.05, 0.1) is 0 Å². The molecule has 26 heavy (non-hydrogen) atoms. The second-order valence-electron chi connectivity index (χ2n) is 6.19. The number of fused-ring (bicyclic) bond motifs is 1. The van der Waals surface area contributed by atoms with E-state index in [2.05, 4.69) is 0 Å². The number of hydrogen-bond acceptors (Lipinski definition) is 1. The average molecular weight is 362 g/mol. The summed E-state index contributed by atoms with van der Waals surface area (Å²) >= 11 is 0. The van der Waals surface area contributed by atoms with Gasteiger partial charge in [-0.3, -0.25) is 0 Å². The lowest BCUT2D eigenvalue weighted by Crippen LogP contribution is -2.19. The monoisotopic (exact) mass is 362 g/mol. The fourth-order valence-electron chi connectivity index (χ4n) is 2.88. The molecule has 5 heteroatoms. The minimum absolute atomic E-state index is 0.151. The number of hydrogen-bond donors (Lipinski definition) is 0. The van der Waals surface area contributed by atoms with E-state index in [-0.39, 0.29) is 11.6 Å². The van der Waals surface area contributed by atoms with Gasteiger partial charge in [-0.05, 0) is 52.6 Å². The Morgan fingerprint density at radius 3 is 2.31 bits per heavy atom. The molecule has 0 aliphatic carbocycles. The molecule has 0 bridgehead atoms. The van der Waals surface area contributed by atoms with Gasteiger partial charge in [-0.2, -0.15) is 13.2 Å². The molecule has 0 unspecified atom stereocenters. The Bertz CT molecular complexity index is 916. The molecule has 0 aliphatic heterocycles. The summed E-state index contributed by atoms with van der Waals surface area (Å²) < 4.78 is 55.9. The molecule has 0 amide bonds. The summed E-state index contributed by atoms with van der Waals surface area (Å²) in [5.41, 5.74) is 2.19. The zero-order chi connectivity index (χ0) is 18.7. The molecule has 0 aliphatic rings. The van der Waals surface area contributed by atoms with E-state index >= 15 is 0 Å². The molecular weight excluding hydrogens is 344 g/mol. The standard InChI is InChI=1S/C21H18F4O/c1-2-3-14-4-9-19(20(22)10-14)17-6-5-16-12-18(8-7-15(16)11-17)26-13-21(23,24)25/h4-12H,2-3,13H2,1H3. The van der Waals surface area contributed by atoms with E-state index < -0.39 is 12.8 Å². The lowest BCUT2D eigenvalue weighted by Gasteiger charge is -2.11. The highest BCUT2D eigenvalue weighted by molar-refractivity contribution is 5.88. The smallest absolute Gasteiger partial charge is 0.422 e. The molecule has 0 heterocycles. The SMILES string of the molecule is CCCc1ccc(-c2ccc3cc(OCC(F)(F)F)ccc3c2)c(F)c1. The molecule has 0 N–H and O–H groups in total. The molecule has 0 fully saturated rings. The summed E-state index contributed by atoms with van der Waals surface area (Å²) in [6.45, 7) is 0.716. The third kappa shape index (κ3) is 4.34. The van der Waals surface area contributed by atoms with Crippen molar-refractivity contribution in [2.75, 3.05) is 6.61 Å². The Balaban J connectivity index is 1.88. The molecule has 136 valence electrons. The van der Waals surface area contributed by atoms with Crippen LogP contribution in [0.15, 0.2) is 54.6 Å². The van der Waals surface area contributed by atoms with Crippen molar-refractivity contribution in [3.63, 3.8) is 0 Å². The molecule has 1 nitrogen and oxygen atoms in total. The van der Waals surface area contributed by atoms with Crippen LogP contribution in [0.5, 0.6) is 5.75 Å². The van der Waals surface area contributed by atoms with Crippen molar-refractivity contribution in [2.24, 2.45) is 0 Å². The van der Waals surface area contributed by atoms with Crippen molar-refractivity contribution < 1.29 is 22.3 Å². The summed E-state index contributed by atoms with van der Waals surface area (Å²) in [5.74, 6) is -0.127. The van der Waals surface area contributed by atoms with E-state index in [1.165, 1.54) is 6.07 Å². The van der Waals surface area contributed by atoms with Crippen molar-refractivity contribution in [3.05, 3.63) is 66.0 Å². The van der Waals surface area contributed by atoms with Crippen molar-refractivity contribution >= 4 is 10.8 Å². The van der Waals surface area contributed by atoms with E-state index in [9.17, 15) is 17.6 Å². The van der Waals surface area contributed by atoms with E-state index in [0.717, 1.165) is 34.7 Å². The number of ether oxygens (including phenoxy) is 1. The minimum atomic E-state index is -4.37. The van der Waals surface area contributed by atoms with E-state index in [1.807, 2.05) is 19.1 Å². The normalized spacial score (nSPS) is 11.7. The van der Waals surface area contributed by atoms with Gasteiger partial charge in [0.15, 0.2) is 6.61 Å². The Kier molecular flexibility index (Phi) is 5.16. The molecule has 0 aromatic heterocycles. The van der Waals surface area contributed by atoms with Crippen LogP contribution in [0.3, 0.4) is 0 Å². The number of halogens is 4. The molecular formula is C21H18F4O. The average Bonchev–Trinajstić information content (AvgIpc) is 2.59. The van der Waals surface area contributed by atoms with Crippen LogP contribution in [0.2, 0.25) is 0 Å². The largest absolute Gasteiger partial charge is 0.484 e. The maximum atomic E-state index is 14.4. The number of benzene rings is 3. The van der Waals surface area contributed by atoms with Crippen molar-refractivity contribution in [1.29, 1.82) is 0 Å². The second kappa shape index (κ2) is 7.36. The molecule has 0 saturated carbocycles. The molecule has 0 atom stereocenters. The van der Waals surface area contributed by atoms with Crippen LogP contribution in [0, 0.1) is 5.82 Å². The van der Waals surface area contributed by atoms with Gasteiger partial charge in [-0.1, -0.05) is 43.7 Å². The van der Waals surface area contributed by atoms with Crippen LogP contribution in [0.25, 0.3) is 21.9 Å². The summed E-state index contributed by atoms with van der Waals surface area (Å²) in [6.07, 6.45) is -2.59. The van der Waals surface area contributed by atoms with Gasteiger partial charge in [-0.25, -0.2) is 4.39 Å². The van der Waals surface area contributed by atoms with Gasteiger partial charge in [0.25, 0.3) is 0 Å². The highest BCUT2D eigenvalue weighted by atomic mass is 19.4. The molecule has 3 aromatic carbocycles. The van der Waals surface area contributed by atoms with Crippen LogP contribution in [-0.2, 0) is 6.42 Å². The molecule has 0 saturated heterocycles. The first-order valence-corrected chi connectivity index (χ1v) is 8.38. The van der Waals surface area contributed by atoms with Crippen LogP contribution in [-0.4, -0.2) is 12.8 Å². The number of aryl methyl sites for hydroxylation is 1. The Labute approximate surface area is 149 Å². The Morgan fingerprint density at radius 1 is 0.885 bits per heavy atom. The van der Waals surface area contributed by atoms with Crippen molar-refractivity contribution in [1.82, 2.24) is 0 Å². The van der Waals surface area contributed by atoms with Crippen molar-refractivity contribution in [3.8, 4) is 16.9 Å². The summed E-state index contributed by atoms with van der Waals surface area (Å²) in [6, 6.07) is 15.3. The molecule has 3 rings (SSSR count). The predicted molar refractivity (Wildman–Crippen MR) is 94.9 cm³/mol. The number of alkyl halides is 3. The zero-order valence-electron chi connectivity index (χ0n) is 14.2. The van der Waals surface area contributed by atoms with Gasteiger partial charge in [0.1, 0.15) is 11.6 Å². The molecule has 0 spiro atoms. The van der Waals surface area contributed by atoms with E-state index in [1.54, 1.807) is 36.4 Å². The first-order chi connectivity index (χ1) is 12.4. The fourth-order valence-corrected chi connectivity index (χ4v) is 2.88. The first-order valence-electron chi connectivity index (χ1n) is 8.38. The van der Waals surface area contributed by atoms with Gasteiger partial charge in [0, 0.05) is 5.56 Å². The van der Waals surface area contributed by atoms with Crippen LogP contribution in [0.4, 0.5) is 17.6 Å². The second-order valence-corrected chi connectivity index (χ2v) is 6.19. The lowest BCUT2D eigenvalue weighted by molar-refractivity contribution is -0.153. The van der Waals surface area contributed by atoms with Crippen molar-refractivity contribution in [2.45, 2.75) is 25.9 Å². The quantitative estimate of drug-likeness (QED) is 0.468. The minimum Gasteiger partial charge on any atom is -0.484 e. The topological polar surface area (TPSA) is 9.23 Å². The van der Waals surface area contributed by atoms with Gasteiger partial charge < -0.3 is 4.74 Å². The molecule has 0 radical (unpaired) electrons. The summed E-state index contributed by atoms with van der Waals surface area (Å²) in [7, 11) is 0. The third-order valence-corrected chi connectivity index (χ3v) is 4.10. The first kappa shape index (κ1) is 18.2. The molecule has 3 aromatic rings. The highest BCUT2D eigenvalue weighted by Gasteiger charge is 2.28. The summed E-state index contributed by atoms with van der Waals surface area (Å²) in [4.78, 5) is 0. The Morgan fingerprint density at radius 2 is 1.62 bits per heavy atom.